The zero-order valence-electron chi connectivity index (χ0n) is 6.47. The van der Waals surface area contributed by atoms with Crippen molar-refractivity contribution in [1.82, 2.24) is 0 Å². The van der Waals surface area contributed by atoms with Crippen molar-refractivity contribution in [3.63, 3.8) is 0 Å². The predicted molar refractivity (Wildman–Crippen MR) is 45.6 cm³/mol. The van der Waals surface area contributed by atoms with Gasteiger partial charge in [0.05, 0.1) is 6.54 Å². The maximum absolute atomic E-state index is 4.40. The molecule has 1 rings (SSSR count). The van der Waals surface area contributed by atoms with Gasteiger partial charge in [-0.2, -0.15) is 0 Å². The van der Waals surface area contributed by atoms with Crippen molar-refractivity contribution in [3.05, 3.63) is 12.7 Å². The van der Waals surface area contributed by atoms with Crippen LogP contribution in [0.3, 0.4) is 0 Å². The highest BCUT2D eigenvalue weighted by atomic mass is 14.7. The van der Waals surface area contributed by atoms with E-state index in [9.17, 15) is 0 Å². The van der Waals surface area contributed by atoms with Gasteiger partial charge >= 0.3 is 0 Å². The van der Waals surface area contributed by atoms with E-state index in [0.717, 1.165) is 6.54 Å². The fourth-order valence-electron chi connectivity index (χ4n) is 1.31. The van der Waals surface area contributed by atoms with Gasteiger partial charge in [-0.3, -0.25) is 4.99 Å². The topological polar surface area (TPSA) is 12.4 Å². The van der Waals surface area contributed by atoms with E-state index in [1.54, 1.807) is 0 Å². The third kappa shape index (κ3) is 2.34. The second-order valence-corrected chi connectivity index (χ2v) is 2.76. The molecule has 56 valence electrons. The Morgan fingerprint density at radius 2 is 2.00 bits per heavy atom. The monoisotopic (exact) mass is 137 g/mol. The van der Waals surface area contributed by atoms with Crippen molar-refractivity contribution in [1.29, 1.82) is 0 Å². The minimum Gasteiger partial charge on any atom is -0.290 e. The lowest BCUT2D eigenvalue weighted by molar-refractivity contribution is 0.664. The van der Waals surface area contributed by atoms with E-state index in [-0.39, 0.29) is 0 Å². The summed E-state index contributed by atoms with van der Waals surface area (Å²) >= 11 is 0. The summed E-state index contributed by atoms with van der Waals surface area (Å²) in [6.07, 6.45) is 8.41. The Hall–Kier alpha value is -0.590. The molecule has 10 heavy (non-hydrogen) atoms. The lowest BCUT2D eigenvalue weighted by Gasteiger charge is -2.11. The highest BCUT2D eigenvalue weighted by Gasteiger charge is 2.04. The molecule has 1 aliphatic carbocycles. The van der Waals surface area contributed by atoms with Crippen LogP contribution < -0.4 is 0 Å². The van der Waals surface area contributed by atoms with Gasteiger partial charge in [0, 0.05) is 5.71 Å². The standard InChI is InChI=1S/C9H15N/c1-2-8-10-9-6-4-3-5-7-9/h2H,1,3-8H2. The molecule has 1 heteroatoms. The average molecular weight is 137 g/mol. The fourth-order valence-corrected chi connectivity index (χ4v) is 1.31. The molecule has 1 fully saturated rings. The maximum Gasteiger partial charge on any atom is 0.0567 e. The first-order valence-corrected chi connectivity index (χ1v) is 4.06. The first-order chi connectivity index (χ1) is 4.93. The molecular weight excluding hydrogens is 122 g/mol. The van der Waals surface area contributed by atoms with Crippen molar-refractivity contribution in [2.45, 2.75) is 32.1 Å². The summed E-state index contributed by atoms with van der Waals surface area (Å²) in [4.78, 5) is 4.40. The van der Waals surface area contributed by atoms with Crippen LogP contribution in [-0.4, -0.2) is 12.3 Å². The molecule has 0 atom stereocenters. The molecular formula is C9H15N. The van der Waals surface area contributed by atoms with Crippen molar-refractivity contribution >= 4 is 5.71 Å². The molecule has 0 aliphatic heterocycles. The van der Waals surface area contributed by atoms with Gasteiger partial charge in [0.2, 0.25) is 0 Å². The van der Waals surface area contributed by atoms with Crippen molar-refractivity contribution < 1.29 is 0 Å². The summed E-state index contributed by atoms with van der Waals surface area (Å²) < 4.78 is 0. The Balaban J connectivity index is 2.30. The lowest BCUT2D eigenvalue weighted by atomic mass is 9.99. The number of rotatable bonds is 2. The van der Waals surface area contributed by atoms with Gasteiger partial charge in [0.15, 0.2) is 0 Å². The molecule has 0 radical (unpaired) electrons. The van der Waals surface area contributed by atoms with E-state index >= 15 is 0 Å². The normalized spacial score (nSPS) is 18.6. The zero-order chi connectivity index (χ0) is 7.23. The van der Waals surface area contributed by atoms with E-state index in [1.807, 2.05) is 6.08 Å². The molecule has 0 aromatic rings. The van der Waals surface area contributed by atoms with Crippen molar-refractivity contribution in [2.75, 3.05) is 6.54 Å². The molecule has 0 amide bonds. The predicted octanol–water partition coefficient (Wildman–Crippen LogP) is 2.58. The average Bonchev–Trinajstić information content (AvgIpc) is 2.03. The first kappa shape index (κ1) is 7.52. The molecule has 1 nitrogen and oxygen atoms in total. The fraction of sp³-hybridized carbons (Fsp3) is 0.667. The maximum atomic E-state index is 4.40. The van der Waals surface area contributed by atoms with Crippen molar-refractivity contribution in [2.24, 2.45) is 4.99 Å². The van der Waals surface area contributed by atoms with Gasteiger partial charge in [0.25, 0.3) is 0 Å². The van der Waals surface area contributed by atoms with Crippen LogP contribution >= 0.6 is 0 Å². The van der Waals surface area contributed by atoms with Crippen LogP contribution in [0.5, 0.6) is 0 Å². The van der Waals surface area contributed by atoms with Gasteiger partial charge in [-0.05, 0) is 25.7 Å². The van der Waals surface area contributed by atoms with Crippen LogP contribution in [0.2, 0.25) is 0 Å². The minimum atomic E-state index is 0.815. The Labute approximate surface area is 62.9 Å². The molecule has 0 saturated heterocycles. The Kier molecular flexibility index (Phi) is 3.20. The van der Waals surface area contributed by atoms with Gasteiger partial charge < -0.3 is 0 Å². The summed E-state index contributed by atoms with van der Waals surface area (Å²) in [6, 6.07) is 0. The Morgan fingerprint density at radius 3 is 2.60 bits per heavy atom. The summed E-state index contributed by atoms with van der Waals surface area (Å²) in [6.45, 7) is 4.45. The Morgan fingerprint density at radius 1 is 1.30 bits per heavy atom. The van der Waals surface area contributed by atoms with E-state index in [1.165, 1.54) is 37.8 Å². The van der Waals surface area contributed by atoms with Crippen LogP contribution in [-0.2, 0) is 0 Å². The third-order valence-corrected chi connectivity index (χ3v) is 1.87. The van der Waals surface area contributed by atoms with Crippen LogP contribution in [0, 0.1) is 0 Å². The lowest BCUT2D eigenvalue weighted by Crippen LogP contribution is -2.04. The quantitative estimate of drug-likeness (QED) is 0.519. The molecule has 0 unspecified atom stereocenters. The van der Waals surface area contributed by atoms with Crippen LogP contribution in [0.25, 0.3) is 0 Å². The molecule has 0 heterocycles. The van der Waals surface area contributed by atoms with E-state index in [0.29, 0.717) is 0 Å². The summed E-state index contributed by atoms with van der Waals surface area (Å²) in [5, 5.41) is 0. The molecule has 0 spiro atoms. The molecule has 0 aromatic carbocycles. The largest absolute Gasteiger partial charge is 0.290 e. The number of nitrogens with zero attached hydrogens (tertiary/aromatic N) is 1. The zero-order valence-corrected chi connectivity index (χ0v) is 6.47. The van der Waals surface area contributed by atoms with Gasteiger partial charge in [-0.1, -0.05) is 12.5 Å². The first-order valence-electron chi connectivity index (χ1n) is 4.06. The van der Waals surface area contributed by atoms with Gasteiger partial charge in [0.1, 0.15) is 0 Å². The van der Waals surface area contributed by atoms with Crippen LogP contribution in [0.15, 0.2) is 17.6 Å². The van der Waals surface area contributed by atoms with Gasteiger partial charge in [-0.25, -0.2) is 0 Å². The minimum absolute atomic E-state index is 0.815. The highest BCUT2D eigenvalue weighted by molar-refractivity contribution is 5.85. The summed E-state index contributed by atoms with van der Waals surface area (Å²) in [5.41, 5.74) is 1.41. The SMILES string of the molecule is C=CCN=C1CCCCC1. The number of aliphatic imine (C=N–C) groups is 1. The van der Waals surface area contributed by atoms with E-state index in [4.69, 9.17) is 0 Å². The summed E-state index contributed by atoms with van der Waals surface area (Å²) in [5.74, 6) is 0. The highest BCUT2D eigenvalue weighted by Crippen LogP contribution is 2.14. The smallest absolute Gasteiger partial charge is 0.0567 e. The van der Waals surface area contributed by atoms with Crippen molar-refractivity contribution in [3.8, 4) is 0 Å². The van der Waals surface area contributed by atoms with Crippen LogP contribution in [0.4, 0.5) is 0 Å². The molecule has 1 saturated carbocycles. The van der Waals surface area contributed by atoms with E-state index in [2.05, 4.69) is 11.6 Å². The molecule has 0 N–H and O–H groups in total. The molecule has 0 bridgehead atoms. The third-order valence-electron chi connectivity index (χ3n) is 1.87. The molecule has 1 aliphatic rings. The number of hydrogen-bond acceptors (Lipinski definition) is 1. The van der Waals surface area contributed by atoms with Crippen LogP contribution in [0.1, 0.15) is 32.1 Å². The van der Waals surface area contributed by atoms with E-state index < -0.39 is 0 Å². The molecule has 0 aromatic heterocycles. The second-order valence-electron chi connectivity index (χ2n) is 2.76. The Bertz CT molecular complexity index is 128. The second kappa shape index (κ2) is 4.26. The van der Waals surface area contributed by atoms with Gasteiger partial charge in [-0.15, -0.1) is 6.58 Å². The summed E-state index contributed by atoms with van der Waals surface area (Å²) in [7, 11) is 0. The number of hydrogen-bond donors (Lipinski definition) is 0.